The molecule has 2 N–H and O–H groups in total. The number of hydrogen-bond acceptors (Lipinski definition) is 3. The zero-order chi connectivity index (χ0) is 16.8. The molecule has 3 aromatic rings. The first-order chi connectivity index (χ1) is 12.2. The molecule has 0 radical (unpaired) electrons. The fraction of sp³-hybridized carbons (Fsp3) is 0.381. The molecule has 2 bridgehead atoms. The maximum absolute atomic E-state index is 9.54. The summed E-state index contributed by atoms with van der Waals surface area (Å²) in [5.41, 5.74) is 4.52. The second-order valence-electron chi connectivity index (χ2n) is 7.73. The molecule has 2 fully saturated rings. The number of benzene rings is 1. The van der Waals surface area contributed by atoms with Crippen molar-refractivity contribution in [2.45, 2.75) is 38.1 Å². The standard InChI is InChI=1S/C21H23N3O/c25-19-5-3-16(4-6-19)17-10-20(21-11-22-13-24(21)12-17)23-18-8-14-1-2-15(7-14)9-18/h3-6,10-15,18,23,25H,1-2,7-9H2/t14-,15+,18+. The lowest BCUT2D eigenvalue weighted by atomic mass is 9.85. The highest BCUT2D eigenvalue weighted by Crippen LogP contribution is 2.43. The average Bonchev–Trinajstić information content (AvgIpc) is 3.22. The maximum Gasteiger partial charge on any atom is 0.115 e. The van der Waals surface area contributed by atoms with E-state index in [0.717, 1.165) is 34.2 Å². The Morgan fingerprint density at radius 3 is 2.52 bits per heavy atom. The molecule has 2 aromatic heterocycles. The van der Waals surface area contributed by atoms with Gasteiger partial charge in [-0.1, -0.05) is 25.0 Å². The van der Waals surface area contributed by atoms with Gasteiger partial charge in [0.15, 0.2) is 0 Å². The van der Waals surface area contributed by atoms with E-state index in [1.807, 2.05) is 24.7 Å². The SMILES string of the molecule is Oc1ccc(-c2cc(N[C@H]3C[C@@H]4CC[C@@H](C4)C3)c3cncn3c2)cc1. The van der Waals surface area contributed by atoms with Crippen LogP contribution in [0.1, 0.15) is 32.1 Å². The minimum Gasteiger partial charge on any atom is -0.508 e. The lowest BCUT2D eigenvalue weighted by Crippen LogP contribution is -2.28. The average molecular weight is 333 g/mol. The third-order valence-electron chi connectivity index (χ3n) is 5.97. The van der Waals surface area contributed by atoms with E-state index in [1.54, 1.807) is 12.1 Å². The van der Waals surface area contributed by atoms with Crippen LogP contribution in [0, 0.1) is 11.8 Å². The van der Waals surface area contributed by atoms with Crippen LogP contribution in [-0.4, -0.2) is 20.5 Å². The van der Waals surface area contributed by atoms with E-state index in [9.17, 15) is 5.11 Å². The number of phenols is 1. The first-order valence-electron chi connectivity index (χ1n) is 9.26. The van der Waals surface area contributed by atoms with Crippen molar-refractivity contribution < 1.29 is 5.11 Å². The summed E-state index contributed by atoms with van der Waals surface area (Å²) in [4.78, 5) is 4.33. The van der Waals surface area contributed by atoms with E-state index in [4.69, 9.17) is 0 Å². The molecule has 4 heteroatoms. The van der Waals surface area contributed by atoms with E-state index in [-0.39, 0.29) is 0 Å². The molecule has 4 nitrogen and oxygen atoms in total. The van der Waals surface area contributed by atoms with Gasteiger partial charge in [-0.15, -0.1) is 0 Å². The maximum atomic E-state index is 9.54. The van der Waals surface area contributed by atoms with Gasteiger partial charge in [0.05, 0.1) is 23.7 Å². The molecule has 2 aliphatic carbocycles. The van der Waals surface area contributed by atoms with Gasteiger partial charge in [0, 0.05) is 17.8 Å². The van der Waals surface area contributed by atoms with Crippen molar-refractivity contribution in [3.8, 4) is 16.9 Å². The molecule has 2 aliphatic rings. The largest absolute Gasteiger partial charge is 0.508 e. The summed E-state index contributed by atoms with van der Waals surface area (Å²) < 4.78 is 2.09. The third kappa shape index (κ3) is 2.76. The van der Waals surface area contributed by atoms with E-state index in [2.05, 4.69) is 27.0 Å². The molecule has 0 amide bonds. The highest BCUT2D eigenvalue weighted by atomic mass is 16.3. The number of anilines is 1. The quantitative estimate of drug-likeness (QED) is 0.730. The summed E-state index contributed by atoms with van der Waals surface area (Å²) in [5.74, 6) is 2.12. The number of nitrogens with zero attached hydrogens (tertiary/aromatic N) is 2. The van der Waals surface area contributed by atoms with Crippen LogP contribution in [0.15, 0.2) is 49.1 Å². The molecule has 0 unspecified atom stereocenters. The molecular formula is C21H23N3O. The van der Waals surface area contributed by atoms with Gasteiger partial charge in [-0.2, -0.15) is 0 Å². The van der Waals surface area contributed by atoms with Gasteiger partial charge in [-0.25, -0.2) is 4.98 Å². The minimum atomic E-state index is 0.295. The molecule has 0 aliphatic heterocycles. The van der Waals surface area contributed by atoms with Crippen LogP contribution in [0.4, 0.5) is 5.69 Å². The van der Waals surface area contributed by atoms with Crippen LogP contribution in [-0.2, 0) is 0 Å². The number of nitrogens with one attached hydrogen (secondary N) is 1. The highest BCUT2D eigenvalue weighted by Gasteiger charge is 2.34. The van der Waals surface area contributed by atoms with Crippen molar-refractivity contribution in [2.75, 3.05) is 5.32 Å². The van der Waals surface area contributed by atoms with Crippen molar-refractivity contribution in [3.63, 3.8) is 0 Å². The van der Waals surface area contributed by atoms with Crippen LogP contribution in [0.5, 0.6) is 5.75 Å². The van der Waals surface area contributed by atoms with Crippen LogP contribution in [0.25, 0.3) is 16.6 Å². The van der Waals surface area contributed by atoms with E-state index in [0.29, 0.717) is 11.8 Å². The van der Waals surface area contributed by atoms with Gasteiger partial charge in [0.25, 0.3) is 0 Å². The van der Waals surface area contributed by atoms with Crippen molar-refractivity contribution in [3.05, 3.63) is 49.1 Å². The van der Waals surface area contributed by atoms with Gasteiger partial charge in [0.2, 0.25) is 0 Å². The van der Waals surface area contributed by atoms with Gasteiger partial charge in [-0.3, -0.25) is 0 Å². The monoisotopic (exact) mass is 333 g/mol. The van der Waals surface area contributed by atoms with Gasteiger partial charge in [0.1, 0.15) is 5.75 Å². The third-order valence-corrected chi connectivity index (χ3v) is 5.97. The zero-order valence-corrected chi connectivity index (χ0v) is 14.2. The molecule has 0 spiro atoms. The minimum absolute atomic E-state index is 0.295. The van der Waals surface area contributed by atoms with Crippen molar-refractivity contribution in [2.24, 2.45) is 11.8 Å². The van der Waals surface area contributed by atoms with Crippen LogP contribution in [0.3, 0.4) is 0 Å². The zero-order valence-electron chi connectivity index (χ0n) is 14.2. The predicted octanol–water partition coefficient (Wildman–Crippen LogP) is 4.70. The molecule has 1 aromatic carbocycles. The molecular weight excluding hydrogens is 310 g/mol. The van der Waals surface area contributed by atoms with Crippen molar-refractivity contribution in [1.29, 1.82) is 0 Å². The first-order valence-corrected chi connectivity index (χ1v) is 9.26. The van der Waals surface area contributed by atoms with Crippen molar-refractivity contribution in [1.82, 2.24) is 9.38 Å². The number of hydrogen-bond donors (Lipinski definition) is 2. The Balaban J connectivity index is 1.50. The normalized spacial score (nSPS) is 25.4. The number of phenolic OH excluding ortho intramolecular Hbond substituents is 1. The summed E-state index contributed by atoms with van der Waals surface area (Å²) in [6, 6.07) is 10.2. The molecule has 25 heavy (non-hydrogen) atoms. The number of aromatic hydroxyl groups is 1. The van der Waals surface area contributed by atoms with Crippen LogP contribution < -0.4 is 5.32 Å². The number of fused-ring (bicyclic) bond motifs is 3. The highest BCUT2D eigenvalue weighted by molar-refractivity contribution is 5.78. The number of imidazole rings is 1. The molecule has 3 atom stereocenters. The topological polar surface area (TPSA) is 49.6 Å². The van der Waals surface area contributed by atoms with E-state index < -0.39 is 0 Å². The Labute approximate surface area is 147 Å². The predicted molar refractivity (Wildman–Crippen MR) is 99.8 cm³/mol. The molecule has 0 saturated heterocycles. The summed E-state index contributed by atoms with van der Waals surface area (Å²) in [6.45, 7) is 0. The lowest BCUT2D eigenvalue weighted by Gasteiger charge is -2.29. The molecule has 2 heterocycles. The molecule has 128 valence electrons. The number of pyridine rings is 1. The van der Waals surface area contributed by atoms with E-state index >= 15 is 0 Å². The van der Waals surface area contributed by atoms with Gasteiger partial charge in [-0.05, 0) is 54.9 Å². The second-order valence-corrected chi connectivity index (χ2v) is 7.73. The Bertz CT molecular complexity index is 887. The molecule has 2 saturated carbocycles. The summed E-state index contributed by atoms with van der Waals surface area (Å²) in [6.07, 6.45) is 12.7. The summed E-state index contributed by atoms with van der Waals surface area (Å²) >= 11 is 0. The van der Waals surface area contributed by atoms with Crippen LogP contribution >= 0.6 is 0 Å². The Kier molecular flexibility index (Phi) is 3.44. The second kappa shape index (κ2) is 5.80. The van der Waals surface area contributed by atoms with Crippen LogP contribution in [0.2, 0.25) is 0 Å². The summed E-state index contributed by atoms with van der Waals surface area (Å²) in [7, 11) is 0. The smallest absolute Gasteiger partial charge is 0.115 e. The number of aromatic nitrogens is 2. The van der Waals surface area contributed by atoms with Crippen molar-refractivity contribution >= 4 is 11.2 Å². The Morgan fingerprint density at radius 2 is 1.76 bits per heavy atom. The summed E-state index contributed by atoms with van der Waals surface area (Å²) in [5, 5.41) is 13.4. The van der Waals surface area contributed by atoms with E-state index in [1.165, 1.54) is 32.1 Å². The Hall–Kier alpha value is -2.49. The van der Waals surface area contributed by atoms with Gasteiger partial charge >= 0.3 is 0 Å². The number of rotatable bonds is 3. The fourth-order valence-electron chi connectivity index (χ4n) is 4.81. The first kappa shape index (κ1) is 14.8. The van der Waals surface area contributed by atoms with Gasteiger partial charge < -0.3 is 14.8 Å². The fourth-order valence-corrected chi connectivity index (χ4v) is 4.81. The molecule has 5 rings (SSSR count). The Morgan fingerprint density at radius 1 is 1.00 bits per heavy atom. The lowest BCUT2D eigenvalue weighted by molar-refractivity contribution is 0.334.